The first-order chi connectivity index (χ1) is 16.0. The van der Waals surface area contributed by atoms with Crippen LogP contribution in [0.2, 0.25) is 10.0 Å². The van der Waals surface area contributed by atoms with E-state index in [0.717, 1.165) is 10.7 Å². The fraction of sp³-hybridized carbons (Fsp3) is 0.190. The van der Waals surface area contributed by atoms with Gasteiger partial charge in [0.15, 0.2) is 5.69 Å². The number of allylic oxidation sites excluding steroid dienone is 1. The minimum absolute atomic E-state index is 0.0641. The molecule has 0 spiro atoms. The van der Waals surface area contributed by atoms with Crippen LogP contribution in [0.1, 0.15) is 17.3 Å². The van der Waals surface area contributed by atoms with Crippen molar-refractivity contribution in [2.24, 2.45) is 0 Å². The van der Waals surface area contributed by atoms with Crippen molar-refractivity contribution in [2.45, 2.75) is 17.1 Å². The van der Waals surface area contributed by atoms with Gasteiger partial charge in [-0.3, -0.25) is 0 Å². The van der Waals surface area contributed by atoms with Crippen molar-refractivity contribution in [3.8, 4) is 5.75 Å². The van der Waals surface area contributed by atoms with Crippen LogP contribution in [-0.2, 0) is 16.0 Å². The van der Waals surface area contributed by atoms with E-state index in [-0.39, 0.29) is 36.9 Å². The van der Waals surface area contributed by atoms with E-state index in [1.807, 2.05) is 0 Å². The zero-order valence-corrected chi connectivity index (χ0v) is 19.6. The summed E-state index contributed by atoms with van der Waals surface area (Å²) in [4.78, 5) is -0.546. The molecular weight excluding hydrogens is 518 g/mol. The van der Waals surface area contributed by atoms with Crippen LogP contribution in [0.25, 0.3) is 0 Å². The summed E-state index contributed by atoms with van der Waals surface area (Å²) in [5.41, 5.74) is -1.24. The Morgan fingerprint density at radius 1 is 1.12 bits per heavy atom. The topological polar surface area (TPSA) is 93.5 Å². The molecule has 180 valence electrons. The number of fused-ring (bicyclic) bond motifs is 1. The lowest BCUT2D eigenvalue weighted by atomic mass is 10.0. The Bertz CT molecular complexity index is 1390. The van der Waals surface area contributed by atoms with Crippen LogP contribution in [0.4, 0.5) is 19.0 Å². The van der Waals surface area contributed by atoms with E-state index in [1.54, 1.807) is 0 Å². The van der Waals surface area contributed by atoms with E-state index in [0.29, 0.717) is 5.75 Å². The summed E-state index contributed by atoms with van der Waals surface area (Å²) < 4.78 is 73.7. The number of nitrogens with one attached hydrogen (secondary N) is 1. The molecule has 1 atom stereocenters. The second kappa shape index (κ2) is 8.81. The van der Waals surface area contributed by atoms with Crippen LogP contribution in [0.5, 0.6) is 5.75 Å². The summed E-state index contributed by atoms with van der Waals surface area (Å²) in [5, 5.41) is 16.5. The maximum absolute atomic E-state index is 13.7. The molecule has 4 rings (SSSR count). The zero-order valence-electron chi connectivity index (χ0n) is 17.3. The average molecular weight is 534 g/mol. The van der Waals surface area contributed by atoms with Crippen LogP contribution in [0.15, 0.2) is 64.0 Å². The molecular formula is C21H16Cl2F3N3O4S. The number of nitrogens with zero attached hydrogens (tertiary/aromatic N) is 2. The number of benzene rings is 2. The molecule has 0 amide bonds. The zero-order chi connectivity index (χ0) is 24.8. The van der Waals surface area contributed by atoms with Gasteiger partial charge in [-0.2, -0.15) is 18.3 Å². The number of sulfone groups is 1. The number of ether oxygens (including phenoxy) is 1. The summed E-state index contributed by atoms with van der Waals surface area (Å²) in [6.07, 6.45) is -4.79. The Kier molecular flexibility index (Phi) is 6.32. The first kappa shape index (κ1) is 24.4. The summed E-state index contributed by atoms with van der Waals surface area (Å²) in [6, 6.07) is 8.97. The molecule has 2 heterocycles. The number of alkyl halides is 3. The number of hydrogen-bond donors (Lipinski definition) is 2. The smallest absolute Gasteiger partial charge is 0.435 e. The highest BCUT2D eigenvalue weighted by molar-refractivity contribution is 7.95. The number of aliphatic hydroxyl groups excluding tert-OH is 1. The molecule has 0 aliphatic carbocycles. The van der Waals surface area contributed by atoms with E-state index in [1.165, 1.54) is 49.6 Å². The van der Waals surface area contributed by atoms with Crippen molar-refractivity contribution in [1.82, 2.24) is 9.78 Å². The summed E-state index contributed by atoms with van der Waals surface area (Å²) in [5.74, 6) is 0.253. The van der Waals surface area contributed by atoms with Gasteiger partial charge in [0.2, 0.25) is 9.84 Å². The Morgan fingerprint density at radius 2 is 1.79 bits per heavy atom. The van der Waals surface area contributed by atoms with Gasteiger partial charge in [-0.1, -0.05) is 29.3 Å². The Morgan fingerprint density at radius 3 is 2.35 bits per heavy atom. The molecule has 34 heavy (non-hydrogen) atoms. The molecule has 1 aliphatic heterocycles. The van der Waals surface area contributed by atoms with Crippen molar-refractivity contribution in [2.75, 3.05) is 19.0 Å². The van der Waals surface area contributed by atoms with Crippen molar-refractivity contribution in [3.63, 3.8) is 0 Å². The number of methoxy groups -OCH3 is 1. The molecule has 2 N–H and O–H groups in total. The van der Waals surface area contributed by atoms with Gasteiger partial charge in [0, 0.05) is 6.07 Å². The fourth-order valence-electron chi connectivity index (χ4n) is 3.60. The van der Waals surface area contributed by atoms with Crippen LogP contribution in [0.3, 0.4) is 0 Å². The summed E-state index contributed by atoms with van der Waals surface area (Å²) in [6.45, 7) is -0.797. The standard InChI is InChI=1S/C21H16Cl2F3N3O4S/c1-33-12-3-5-13(6-4-12)34(31,32)20-16(10-30)27-18-9-17(21(24,25)26)28-29(18)19(20)11-2-7-14(22)15(23)8-11/h2-9,19,27,30H,10H2,1H3. The molecule has 1 unspecified atom stereocenters. The lowest BCUT2D eigenvalue weighted by molar-refractivity contribution is -0.141. The van der Waals surface area contributed by atoms with Crippen molar-refractivity contribution in [3.05, 3.63) is 80.4 Å². The Hall–Kier alpha value is -2.73. The second-order valence-corrected chi connectivity index (χ2v) is 9.97. The van der Waals surface area contributed by atoms with Crippen molar-refractivity contribution >= 4 is 38.9 Å². The van der Waals surface area contributed by atoms with Gasteiger partial charge in [-0.15, -0.1) is 0 Å². The highest BCUT2D eigenvalue weighted by Crippen LogP contribution is 2.44. The first-order valence-electron chi connectivity index (χ1n) is 9.59. The van der Waals surface area contributed by atoms with Crippen molar-refractivity contribution in [1.29, 1.82) is 0 Å². The Balaban J connectivity index is 1.98. The number of halogens is 5. The lowest BCUT2D eigenvalue weighted by Gasteiger charge is -2.30. The molecule has 13 heteroatoms. The molecule has 1 aromatic heterocycles. The third-order valence-electron chi connectivity index (χ3n) is 5.17. The lowest BCUT2D eigenvalue weighted by Crippen LogP contribution is -2.30. The third-order valence-corrected chi connectivity index (χ3v) is 7.85. The molecule has 0 saturated heterocycles. The molecule has 0 bridgehead atoms. The second-order valence-electron chi connectivity index (χ2n) is 7.24. The predicted molar refractivity (Wildman–Crippen MR) is 120 cm³/mol. The maximum Gasteiger partial charge on any atom is 0.435 e. The van der Waals surface area contributed by atoms with Gasteiger partial charge < -0.3 is 15.2 Å². The van der Waals surface area contributed by atoms with Gasteiger partial charge in [0.1, 0.15) is 17.6 Å². The van der Waals surface area contributed by atoms with E-state index in [2.05, 4.69) is 10.4 Å². The number of hydrogen-bond acceptors (Lipinski definition) is 6. The molecule has 0 radical (unpaired) electrons. The molecule has 1 aliphatic rings. The molecule has 0 fully saturated rings. The van der Waals surface area contributed by atoms with E-state index < -0.39 is 34.4 Å². The van der Waals surface area contributed by atoms with Crippen molar-refractivity contribution < 1.29 is 31.4 Å². The predicted octanol–water partition coefficient (Wildman–Crippen LogP) is 4.91. The molecule has 3 aromatic rings. The van der Waals surface area contributed by atoms with Crippen LogP contribution >= 0.6 is 23.2 Å². The van der Waals surface area contributed by atoms with Gasteiger partial charge in [0.25, 0.3) is 0 Å². The van der Waals surface area contributed by atoms with E-state index >= 15 is 0 Å². The molecule has 2 aromatic carbocycles. The van der Waals surface area contributed by atoms with E-state index in [4.69, 9.17) is 27.9 Å². The summed E-state index contributed by atoms with van der Waals surface area (Å²) >= 11 is 12.1. The highest BCUT2D eigenvalue weighted by atomic mass is 35.5. The van der Waals surface area contributed by atoms with Crippen LogP contribution < -0.4 is 10.1 Å². The van der Waals surface area contributed by atoms with Gasteiger partial charge in [0.05, 0.1) is 39.3 Å². The minimum atomic E-state index is -4.79. The average Bonchev–Trinajstić information content (AvgIpc) is 3.24. The maximum atomic E-state index is 13.7. The van der Waals surface area contributed by atoms with Gasteiger partial charge in [-0.05, 0) is 42.0 Å². The van der Waals surface area contributed by atoms with Crippen LogP contribution in [0, 0.1) is 0 Å². The monoisotopic (exact) mass is 533 g/mol. The number of aromatic nitrogens is 2. The van der Waals surface area contributed by atoms with Gasteiger partial charge >= 0.3 is 6.18 Å². The summed E-state index contributed by atoms with van der Waals surface area (Å²) in [7, 11) is -2.94. The van der Waals surface area contributed by atoms with Crippen LogP contribution in [-0.4, -0.2) is 37.0 Å². The number of anilines is 1. The quantitative estimate of drug-likeness (QED) is 0.484. The fourth-order valence-corrected chi connectivity index (χ4v) is 5.62. The van der Waals surface area contributed by atoms with E-state index in [9.17, 15) is 26.7 Å². The normalized spacial score (nSPS) is 16.3. The molecule has 0 saturated carbocycles. The number of rotatable bonds is 5. The largest absolute Gasteiger partial charge is 0.497 e. The molecule has 7 nitrogen and oxygen atoms in total. The third kappa shape index (κ3) is 4.24. The van der Waals surface area contributed by atoms with Gasteiger partial charge in [-0.25, -0.2) is 13.1 Å². The highest BCUT2D eigenvalue weighted by Gasteiger charge is 2.42. The first-order valence-corrected chi connectivity index (χ1v) is 11.8. The number of aliphatic hydroxyl groups is 1. The minimum Gasteiger partial charge on any atom is -0.497 e. The Labute approximate surface area is 202 Å². The SMILES string of the molecule is COc1ccc(S(=O)(=O)C2=C(CO)Nc3cc(C(F)(F)F)nn3C2c2ccc(Cl)c(Cl)c2)cc1.